The molecule has 2 rings (SSSR count). The van der Waals surface area contributed by atoms with Crippen LogP contribution in [0.5, 0.6) is 0 Å². The Balaban J connectivity index is 0.000000461. The molecule has 0 aliphatic carbocycles. The summed E-state index contributed by atoms with van der Waals surface area (Å²) in [6.07, 6.45) is 0. The number of fused-ring (bicyclic) bond motifs is 1. The average molecular weight is 191 g/mol. The molecule has 1 heterocycles. The third-order valence-electron chi connectivity index (χ3n) is 1.73. The molecule has 1 aromatic carbocycles. The lowest BCUT2D eigenvalue weighted by Gasteiger charge is -1.93. The summed E-state index contributed by atoms with van der Waals surface area (Å²) in [5.41, 5.74) is 2.09. The Kier molecular flexibility index (Phi) is 3.98. The Bertz CT molecular complexity index is 346. The number of aromatic amines is 1. The first-order valence-electron chi connectivity index (χ1n) is 5.09. The molecule has 0 spiro atoms. The molecule has 2 aromatic rings. The van der Waals surface area contributed by atoms with Crippen molar-refractivity contribution >= 4 is 17.0 Å². The molecule has 0 amide bonds. The van der Waals surface area contributed by atoms with E-state index in [1.165, 1.54) is 0 Å². The van der Waals surface area contributed by atoms with Gasteiger partial charge in [-0.3, -0.25) is 0 Å². The van der Waals surface area contributed by atoms with Crippen LogP contribution < -0.4 is 5.32 Å². The topological polar surface area (TPSA) is 40.7 Å². The number of para-hydroxylation sites is 2. The summed E-state index contributed by atoms with van der Waals surface area (Å²) in [6.45, 7) is 6.94. The molecular weight excluding hydrogens is 174 g/mol. The van der Waals surface area contributed by atoms with Crippen LogP contribution in [0.15, 0.2) is 24.3 Å². The Labute approximate surface area is 84.6 Å². The van der Waals surface area contributed by atoms with E-state index in [2.05, 4.69) is 15.3 Å². The van der Waals surface area contributed by atoms with Gasteiger partial charge in [0.2, 0.25) is 5.95 Å². The zero-order valence-corrected chi connectivity index (χ0v) is 8.96. The largest absolute Gasteiger partial charge is 0.356 e. The van der Waals surface area contributed by atoms with Crippen LogP contribution in [0, 0.1) is 0 Å². The van der Waals surface area contributed by atoms with Gasteiger partial charge in [0.15, 0.2) is 0 Å². The first-order chi connectivity index (χ1) is 6.90. The Morgan fingerprint density at radius 2 is 2.00 bits per heavy atom. The van der Waals surface area contributed by atoms with Gasteiger partial charge in [-0.1, -0.05) is 26.0 Å². The van der Waals surface area contributed by atoms with E-state index in [0.29, 0.717) is 0 Å². The van der Waals surface area contributed by atoms with E-state index in [1.807, 2.05) is 45.0 Å². The summed E-state index contributed by atoms with van der Waals surface area (Å²) in [5, 5.41) is 3.13. The molecule has 2 N–H and O–H groups in total. The predicted molar refractivity (Wildman–Crippen MR) is 61.6 cm³/mol. The van der Waals surface area contributed by atoms with E-state index < -0.39 is 0 Å². The van der Waals surface area contributed by atoms with Crippen molar-refractivity contribution in [2.75, 3.05) is 11.9 Å². The van der Waals surface area contributed by atoms with Gasteiger partial charge in [0.1, 0.15) is 0 Å². The maximum absolute atomic E-state index is 4.34. The average Bonchev–Trinajstić information content (AvgIpc) is 2.63. The first-order valence-corrected chi connectivity index (χ1v) is 5.09. The molecule has 0 atom stereocenters. The second kappa shape index (κ2) is 5.27. The van der Waals surface area contributed by atoms with Crippen LogP contribution in [0.1, 0.15) is 20.8 Å². The summed E-state index contributed by atoms with van der Waals surface area (Å²) >= 11 is 0. The molecule has 0 saturated heterocycles. The minimum Gasteiger partial charge on any atom is -0.356 e. The minimum atomic E-state index is 0.846. The van der Waals surface area contributed by atoms with Crippen LogP contribution in [-0.4, -0.2) is 16.5 Å². The molecule has 14 heavy (non-hydrogen) atoms. The van der Waals surface area contributed by atoms with E-state index in [0.717, 1.165) is 23.5 Å². The fourth-order valence-electron chi connectivity index (χ4n) is 1.20. The molecule has 3 nitrogen and oxygen atoms in total. The highest BCUT2D eigenvalue weighted by molar-refractivity contribution is 5.77. The molecule has 0 bridgehead atoms. The van der Waals surface area contributed by atoms with Crippen molar-refractivity contribution in [1.82, 2.24) is 9.97 Å². The number of aromatic nitrogens is 2. The number of nitrogens with zero attached hydrogens (tertiary/aromatic N) is 1. The highest BCUT2D eigenvalue weighted by atomic mass is 15.1. The summed E-state index contributed by atoms with van der Waals surface area (Å²) < 4.78 is 0. The summed E-state index contributed by atoms with van der Waals surface area (Å²) in [6, 6.07) is 7.99. The molecule has 3 heteroatoms. The number of nitrogens with one attached hydrogen (secondary N) is 2. The quantitative estimate of drug-likeness (QED) is 0.766. The third kappa shape index (κ3) is 2.25. The zero-order valence-electron chi connectivity index (χ0n) is 8.96. The highest BCUT2D eigenvalue weighted by Gasteiger charge is 1.98. The van der Waals surface area contributed by atoms with Gasteiger partial charge >= 0.3 is 0 Å². The summed E-state index contributed by atoms with van der Waals surface area (Å²) in [5.74, 6) is 0.846. The minimum absolute atomic E-state index is 0.846. The van der Waals surface area contributed by atoms with Gasteiger partial charge in [0.05, 0.1) is 11.0 Å². The lowest BCUT2D eigenvalue weighted by atomic mass is 10.3. The summed E-state index contributed by atoms with van der Waals surface area (Å²) in [7, 11) is 0. The maximum atomic E-state index is 4.34. The number of anilines is 1. The smallest absolute Gasteiger partial charge is 0.201 e. The maximum Gasteiger partial charge on any atom is 0.201 e. The molecule has 0 saturated carbocycles. The van der Waals surface area contributed by atoms with Gasteiger partial charge in [-0.25, -0.2) is 4.98 Å². The van der Waals surface area contributed by atoms with Crippen LogP contribution >= 0.6 is 0 Å². The monoisotopic (exact) mass is 191 g/mol. The van der Waals surface area contributed by atoms with Gasteiger partial charge in [0, 0.05) is 6.54 Å². The second-order valence-electron chi connectivity index (χ2n) is 2.63. The standard InChI is InChI=1S/C9H11N3.C2H6/c1-2-10-9-11-7-5-3-4-6-8(7)12-9;1-2/h3-6H,2H2,1H3,(H2,10,11,12);1-2H3. The normalized spacial score (nSPS) is 9.36. The number of imidazole rings is 1. The number of hydrogen-bond donors (Lipinski definition) is 2. The fraction of sp³-hybridized carbons (Fsp3) is 0.364. The van der Waals surface area contributed by atoms with E-state index >= 15 is 0 Å². The van der Waals surface area contributed by atoms with Crippen molar-refractivity contribution in [1.29, 1.82) is 0 Å². The van der Waals surface area contributed by atoms with E-state index in [-0.39, 0.29) is 0 Å². The molecular formula is C11H17N3. The van der Waals surface area contributed by atoms with Crippen molar-refractivity contribution < 1.29 is 0 Å². The number of hydrogen-bond acceptors (Lipinski definition) is 2. The lowest BCUT2D eigenvalue weighted by molar-refractivity contribution is 1.14. The molecule has 0 radical (unpaired) electrons. The van der Waals surface area contributed by atoms with Crippen LogP contribution in [0.4, 0.5) is 5.95 Å². The van der Waals surface area contributed by atoms with E-state index in [4.69, 9.17) is 0 Å². The molecule has 76 valence electrons. The van der Waals surface area contributed by atoms with Crippen LogP contribution in [0.2, 0.25) is 0 Å². The lowest BCUT2D eigenvalue weighted by Crippen LogP contribution is -1.97. The zero-order chi connectivity index (χ0) is 10.4. The van der Waals surface area contributed by atoms with E-state index in [9.17, 15) is 0 Å². The molecule has 0 unspecified atom stereocenters. The fourth-order valence-corrected chi connectivity index (χ4v) is 1.20. The van der Waals surface area contributed by atoms with Crippen molar-refractivity contribution in [3.05, 3.63) is 24.3 Å². The van der Waals surface area contributed by atoms with Gasteiger partial charge < -0.3 is 10.3 Å². The molecule has 1 aromatic heterocycles. The van der Waals surface area contributed by atoms with Gasteiger partial charge in [0.25, 0.3) is 0 Å². The predicted octanol–water partition coefficient (Wildman–Crippen LogP) is 3.02. The molecule has 0 aliphatic heterocycles. The number of benzene rings is 1. The Hall–Kier alpha value is -1.51. The first kappa shape index (κ1) is 10.6. The second-order valence-corrected chi connectivity index (χ2v) is 2.63. The highest BCUT2D eigenvalue weighted by Crippen LogP contribution is 2.12. The Morgan fingerprint density at radius 3 is 2.64 bits per heavy atom. The van der Waals surface area contributed by atoms with Crippen molar-refractivity contribution in [3.63, 3.8) is 0 Å². The van der Waals surface area contributed by atoms with Gasteiger partial charge in [-0.15, -0.1) is 0 Å². The third-order valence-corrected chi connectivity index (χ3v) is 1.73. The van der Waals surface area contributed by atoms with Crippen LogP contribution in [0.3, 0.4) is 0 Å². The van der Waals surface area contributed by atoms with E-state index in [1.54, 1.807) is 0 Å². The van der Waals surface area contributed by atoms with Gasteiger partial charge in [-0.05, 0) is 19.1 Å². The number of rotatable bonds is 2. The SMILES string of the molecule is CC.CCNc1nc2ccccc2[nH]1. The molecule has 0 fully saturated rings. The van der Waals surface area contributed by atoms with Gasteiger partial charge in [-0.2, -0.15) is 0 Å². The molecule has 0 aliphatic rings. The van der Waals surface area contributed by atoms with Crippen molar-refractivity contribution in [2.45, 2.75) is 20.8 Å². The van der Waals surface area contributed by atoms with Crippen molar-refractivity contribution in [3.8, 4) is 0 Å². The number of H-pyrrole nitrogens is 1. The van der Waals surface area contributed by atoms with Crippen LogP contribution in [0.25, 0.3) is 11.0 Å². The Morgan fingerprint density at radius 1 is 1.29 bits per heavy atom. The summed E-state index contributed by atoms with van der Waals surface area (Å²) in [4.78, 5) is 7.51. The van der Waals surface area contributed by atoms with Crippen LogP contribution in [-0.2, 0) is 0 Å². The van der Waals surface area contributed by atoms with Crippen molar-refractivity contribution in [2.24, 2.45) is 0 Å².